The summed E-state index contributed by atoms with van der Waals surface area (Å²) in [6.45, 7) is 0. The first-order valence-electron chi connectivity index (χ1n) is 5.16. The monoisotopic (exact) mass is 326 g/mol. The maximum atomic E-state index is 13.7. The van der Waals surface area contributed by atoms with Crippen LogP contribution in [0.1, 0.15) is 0 Å². The molecule has 19 heavy (non-hydrogen) atoms. The first-order chi connectivity index (χ1) is 9.08. The Kier molecular flexibility index (Phi) is 2.67. The molecule has 1 aromatic rings. The number of nitrogens with one attached hydrogen (secondary N) is 1. The van der Waals surface area contributed by atoms with Crippen molar-refractivity contribution >= 4 is 15.9 Å². The third-order valence-corrected chi connectivity index (χ3v) is 3.12. The Morgan fingerprint density at radius 1 is 1.26 bits per heavy atom. The van der Waals surface area contributed by atoms with Gasteiger partial charge in [0.2, 0.25) is 0 Å². The Balaban J connectivity index is 2.33. The topological polar surface area (TPSA) is 63.6 Å². The fraction of sp³-hybridized carbons (Fsp3) is 0. The molecule has 0 amide bonds. The summed E-state index contributed by atoms with van der Waals surface area (Å²) in [5.74, 6) is -1.52. The summed E-state index contributed by atoms with van der Waals surface area (Å²) < 4.78 is 28.6. The Morgan fingerprint density at radius 2 is 1.95 bits per heavy atom. The Labute approximate surface area is 113 Å². The number of halogens is 3. The minimum atomic E-state index is -0.785. The molecule has 0 bridgehead atoms. The Bertz CT molecular complexity index is 778. The van der Waals surface area contributed by atoms with Crippen molar-refractivity contribution in [2.45, 2.75) is 0 Å². The van der Waals surface area contributed by atoms with Crippen LogP contribution in [-0.4, -0.2) is 20.0 Å². The molecular weight excluding hydrogens is 322 g/mol. The summed E-state index contributed by atoms with van der Waals surface area (Å²) in [7, 11) is 0. The van der Waals surface area contributed by atoms with Crippen molar-refractivity contribution in [3.05, 3.63) is 50.7 Å². The third kappa shape index (κ3) is 1.84. The molecule has 0 saturated carbocycles. The molecule has 0 unspecified atom stereocenters. The molecule has 1 N–H and O–H groups in total. The second kappa shape index (κ2) is 4.23. The molecule has 2 aliphatic rings. The molecular formula is C11H5BrF2N4O. The number of fused-ring (bicyclic) bond motifs is 1. The predicted molar refractivity (Wildman–Crippen MR) is 66.2 cm³/mol. The van der Waals surface area contributed by atoms with E-state index in [9.17, 15) is 13.6 Å². The van der Waals surface area contributed by atoms with Gasteiger partial charge in [-0.3, -0.25) is 4.79 Å². The minimum Gasteiger partial charge on any atom is -0.266 e. The standard InChI is InChI=1S/C11H5BrF2N4O/c12-5-4-8-10(15-11(5)19)18(17-16-8)9-6(13)2-1-3-7(9)14/h1-4,17H. The van der Waals surface area contributed by atoms with Gasteiger partial charge in [0.1, 0.15) is 11.4 Å². The fourth-order valence-electron chi connectivity index (χ4n) is 1.71. The van der Waals surface area contributed by atoms with Crippen LogP contribution < -0.4 is 5.56 Å². The highest BCUT2D eigenvalue weighted by Gasteiger charge is 2.20. The number of nitrogens with zero attached hydrogens (tertiary/aromatic N) is 3. The highest BCUT2D eigenvalue weighted by atomic mass is 79.9. The highest BCUT2D eigenvalue weighted by Crippen LogP contribution is 2.24. The summed E-state index contributed by atoms with van der Waals surface area (Å²) >= 11 is 3.02. The van der Waals surface area contributed by atoms with Crippen molar-refractivity contribution < 1.29 is 8.78 Å². The van der Waals surface area contributed by atoms with Gasteiger partial charge in [0.15, 0.2) is 17.5 Å². The van der Waals surface area contributed by atoms with Gasteiger partial charge in [-0.25, -0.2) is 18.7 Å². The van der Waals surface area contributed by atoms with Crippen LogP contribution >= 0.6 is 15.9 Å². The van der Waals surface area contributed by atoms with E-state index in [4.69, 9.17) is 0 Å². The number of hydrogen-bond donors (Lipinski definition) is 1. The van der Waals surface area contributed by atoms with Crippen LogP contribution in [0.25, 0.3) is 17.2 Å². The quantitative estimate of drug-likeness (QED) is 0.744. The van der Waals surface area contributed by atoms with Gasteiger partial charge < -0.3 is 0 Å². The average Bonchev–Trinajstić information content (AvgIpc) is 2.73. The van der Waals surface area contributed by atoms with Crippen LogP contribution in [0.2, 0.25) is 0 Å². The number of H-pyrrole nitrogens is 1. The SMILES string of the molecule is O=c1nc2n(-c3c(F)cccc3F)[nH]nc-2cc1Br. The molecule has 96 valence electrons. The van der Waals surface area contributed by atoms with Gasteiger partial charge in [-0.15, -0.1) is 0 Å². The molecule has 3 rings (SSSR count). The third-order valence-electron chi connectivity index (χ3n) is 2.55. The van der Waals surface area contributed by atoms with E-state index < -0.39 is 17.2 Å². The summed E-state index contributed by atoms with van der Waals surface area (Å²) in [6.07, 6.45) is 0. The second-order valence-electron chi connectivity index (χ2n) is 3.74. The number of rotatable bonds is 1. The van der Waals surface area contributed by atoms with Crippen molar-refractivity contribution in [1.82, 2.24) is 20.0 Å². The minimum absolute atomic E-state index is 0.0530. The zero-order valence-corrected chi connectivity index (χ0v) is 10.8. The lowest BCUT2D eigenvalue weighted by Crippen LogP contribution is -2.12. The van der Waals surface area contributed by atoms with Crippen LogP contribution in [0.3, 0.4) is 0 Å². The molecule has 5 nitrogen and oxygen atoms in total. The lowest BCUT2D eigenvalue weighted by molar-refractivity contribution is 0.556. The predicted octanol–water partition coefficient (Wildman–Crippen LogP) is 2.10. The smallest absolute Gasteiger partial charge is 0.266 e. The van der Waals surface area contributed by atoms with Gasteiger partial charge in [0, 0.05) is 0 Å². The summed E-state index contributed by atoms with van der Waals surface area (Å²) in [6, 6.07) is 4.89. The zero-order valence-electron chi connectivity index (χ0n) is 9.19. The molecule has 1 aromatic carbocycles. The van der Waals surface area contributed by atoms with Crippen molar-refractivity contribution in [2.24, 2.45) is 0 Å². The van der Waals surface area contributed by atoms with E-state index in [1.165, 1.54) is 12.1 Å². The molecule has 0 saturated heterocycles. The van der Waals surface area contributed by atoms with Gasteiger partial charge in [-0.1, -0.05) is 6.07 Å². The van der Waals surface area contributed by atoms with Crippen molar-refractivity contribution in [3.63, 3.8) is 0 Å². The summed E-state index contributed by atoms with van der Waals surface area (Å²) in [5, 5.41) is 6.28. The lowest BCUT2D eigenvalue weighted by Gasteiger charge is -2.06. The molecule has 0 fully saturated rings. The van der Waals surface area contributed by atoms with Crippen molar-refractivity contribution in [2.75, 3.05) is 0 Å². The Hall–Kier alpha value is -2.09. The molecule has 0 spiro atoms. The summed E-state index contributed by atoms with van der Waals surface area (Å²) in [4.78, 5) is 15.2. The van der Waals surface area contributed by atoms with Crippen molar-refractivity contribution in [1.29, 1.82) is 0 Å². The van der Waals surface area contributed by atoms with Gasteiger partial charge in [0.25, 0.3) is 5.56 Å². The van der Waals surface area contributed by atoms with Gasteiger partial charge in [-0.2, -0.15) is 10.1 Å². The van der Waals surface area contributed by atoms with E-state index >= 15 is 0 Å². The molecule has 0 radical (unpaired) electrons. The largest absolute Gasteiger partial charge is 0.286 e. The van der Waals surface area contributed by atoms with Crippen LogP contribution in [0.4, 0.5) is 8.78 Å². The number of para-hydroxylation sites is 1. The van der Waals surface area contributed by atoms with E-state index in [1.54, 1.807) is 0 Å². The van der Waals surface area contributed by atoms with E-state index in [0.717, 1.165) is 16.8 Å². The molecule has 2 heterocycles. The molecule has 0 aliphatic carbocycles. The van der Waals surface area contributed by atoms with Gasteiger partial charge >= 0.3 is 0 Å². The zero-order chi connectivity index (χ0) is 13.6. The van der Waals surface area contributed by atoms with Crippen LogP contribution in [0, 0.1) is 11.6 Å². The van der Waals surface area contributed by atoms with Crippen molar-refractivity contribution in [3.8, 4) is 17.2 Å². The first kappa shape index (κ1) is 12.0. The Morgan fingerprint density at radius 3 is 2.63 bits per heavy atom. The van der Waals surface area contributed by atoms with Crippen LogP contribution in [-0.2, 0) is 0 Å². The summed E-state index contributed by atoms with van der Waals surface area (Å²) in [5.41, 5.74) is -0.590. The maximum Gasteiger partial charge on any atom is 0.286 e. The first-order valence-corrected chi connectivity index (χ1v) is 5.95. The number of aromatic nitrogens is 4. The molecule has 0 aromatic heterocycles. The number of benzene rings is 1. The number of aromatic amines is 1. The van der Waals surface area contributed by atoms with E-state index in [1.807, 2.05) is 0 Å². The molecule has 8 heteroatoms. The fourth-order valence-corrected chi connectivity index (χ4v) is 2.02. The van der Waals surface area contributed by atoms with E-state index in [0.29, 0.717) is 5.69 Å². The lowest BCUT2D eigenvalue weighted by atomic mass is 10.2. The second-order valence-corrected chi connectivity index (χ2v) is 4.59. The average molecular weight is 327 g/mol. The van der Waals surface area contributed by atoms with Crippen LogP contribution in [0.5, 0.6) is 0 Å². The number of pyridine rings is 1. The highest BCUT2D eigenvalue weighted by molar-refractivity contribution is 9.10. The van der Waals surface area contributed by atoms with E-state index in [2.05, 4.69) is 31.2 Å². The van der Waals surface area contributed by atoms with Gasteiger partial charge in [0.05, 0.1) is 4.47 Å². The normalized spacial score (nSPS) is 11.1. The van der Waals surface area contributed by atoms with E-state index in [-0.39, 0.29) is 16.0 Å². The molecule has 2 aliphatic heterocycles. The molecule has 0 atom stereocenters. The maximum absolute atomic E-state index is 13.7. The number of hydrogen-bond acceptors (Lipinski definition) is 3. The van der Waals surface area contributed by atoms with Gasteiger partial charge in [-0.05, 0) is 34.1 Å². The van der Waals surface area contributed by atoms with Crippen LogP contribution in [0.15, 0.2) is 33.5 Å².